The van der Waals surface area contributed by atoms with Crippen molar-refractivity contribution in [1.29, 1.82) is 0 Å². The van der Waals surface area contributed by atoms with E-state index in [0.717, 1.165) is 25.7 Å². The molecule has 2 aliphatic rings. The van der Waals surface area contributed by atoms with Gasteiger partial charge in [0.15, 0.2) is 0 Å². The summed E-state index contributed by atoms with van der Waals surface area (Å²) in [4.78, 5) is 2.71. The Bertz CT molecular complexity index is 247. The maximum atomic E-state index is 5.76. The van der Waals surface area contributed by atoms with Gasteiger partial charge in [-0.15, -0.1) is 0 Å². The van der Waals surface area contributed by atoms with Crippen molar-refractivity contribution >= 4 is 0 Å². The van der Waals surface area contributed by atoms with E-state index in [1.54, 1.807) is 0 Å². The molecule has 0 saturated carbocycles. The third-order valence-electron chi connectivity index (χ3n) is 4.91. The molecule has 2 rings (SSSR count). The van der Waals surface area contributed by atoms with Crippen molar-refractivity contribution in [2.45, 2.75) is 64.5 Å². The van der Waals surface area contributed by atoms with Crippen LogP contribution in [0.1, 0.15) is 52.4 Å². The fourth-order valence-corrected chi connectivity index (χ4v) is 3.58. The molecule has 0 aromatic carbocycles. The summed E-state index contributed by atoms with van der Waals surface area (Å²) in [5.74, 6) is 0.955. The molecule has 0 aliphatic carbocycles. The molecule has 2 saturated heterocycles. The zero-order valence-electron chi connectivity index (χ0n) is 12.9. The van der Waals surface area contributed by atoms with E-state index in [1.165, 1.54) is 51.6 Å². The van der Waals surface area contributed by atoms with Crippen molar-refractivity contribution in [3.8, 4) is 0 Å². The summed E-state index contributed by atoms with van der Waals surface area (Å²) < 4.78 is 5.76. The van der Waals surface area contributed by atoms with Gasteiger partial charge in [-0.3, -0.25) is 4.90 Å². The minimum Gasteiger partial charge on any atom is -0.380 e. The highest BCUT2D eigenvalue weighted by Crippen LogP contribution is 2.24. The van der Waals surface area contributed by atoms with Gasteiger partial charge in [0.05, 0.1) is 6.61 Å². The van der Waals surface area contributed by atoms with Crippen LogP contribution in [0, 0.1) is 5.92 Å². The van der Waals surface area contributed by atoms with Crippen LogP contribution in [-0.2, 0) is 4.74 Å². The van der Waals surface area contributed by atoms with Crippen LogP contribution in [0.15, 0.2) is 0 Å². The predicted octanol–water partition coefficient (Wildman–Crippen LogP) is 2.66. The normalized spacial score (nSPS) is 34.1. The van der Waals surface area contributed by atoms with Crippen LogP contribution in [0.2, 0.25) is 0 Å². The van der Waals surface area contributed by atoms with E-state index in [-0.39, 0.29) is 0 Å². The molecular formula is C16H32N2O. The molecule has 0 bridgehead atoms. The number of likely N-dealkylation sites (tertiary alicyclic amines) is 1. The smallest absolute Gasteiger partial charge is 0.0637 e. The Morgan fingerprint density at radius 1 is 1.16 bits per heavy atom. The summed E-state index contributed by atoms with van der Waals surface area (Å²) >= 11 is 0. The van der Waals surface area contributed by atoms with Crippen molar-refractivity contribution in [3.05, 3.63) is 0 Å². The first kappa shape index (κ1) is 15.3. The van der Waals surface area contributed by atoms with E-state index in [4.69, 9.17) is 4.74 Å². The van der Waals surface area contributed by atoms with Crippen molar-refractivity contribution in [2.75, 3.05) is 32.8 Å². The molecule has 2 aliphatic heterocycles. The number of nitrogens with one attached hydrogen (secondary N) is 1. The van der Waals surface area contributed by atoms with Gasteiger partial charge in [-0.05, 0) is 57.7 Å². The van der Waals surface area contributed by atoms with E-state index >= 15 is 0 Å². The zero-order chi connectivity index (χ0) is 13.5. The Morgan fingerprint density at radius 2 is 2.05 bits per heavy atom. The first-order valence-corrected chi connectivity index (χ1v) is 8.40. The summed E-state index contributed by atoms with van der Waals surface area (Å²) in [6.07, 6.45) is 7.93. The number of hydrogen-bond acceptors (Lipinski definition) is 3. The average molecular weight is 268 g/mol. The van der Waals surface area contributed by atoms with E-state index in [9.17, 15) is 0 Å². The molecule has 1 N–H and O–H groups in total. The molecule has 3 heteroatoms. The maximum absolute atomic E-state index is 5.76. The molecule has 112 valence electrons. The quantitative estimate of drug-likeness (QED) is 0.829. The third-order valence-corrected chi connectivity index (χ3v) is 4.91. The zero-order valence-corrected chi connectivity index (χ0v) is 12.9. The molecular weight excluding hydrogens is 236 g/mol. The Labute approximate surface area is 119 Å². The Balaban J connectivity index is 1.89. The summed E-state index contributed by atoms with van der Waals surface area (Å²) in [5, 5.41) is 3.74. The molecule has 2 heterocycles. The van der Waals surface area contributed by atoms with Gasteiger partial charge in [0.25, 0.3) is 0 Å². The first-order chi connectivity index (χ1) is 9.35. The van der Waals surface area contributed by atoms with Crippen LogP contribution in [0.5, 0.6) is 0 Å². The number of nitrogens with zero attached hydrogens (tertiary/aromatic N) is 1. The summed E-state index contributed by atoms with van der Waals surface area (Å²) in [5.41, 5.74) is 0. The second kappa shape index (κ2) is 8.23. The standard InChI is InChI=1S/C16H32N2O/c1-3-9-17-15-8-12-19-13-16(15)18-10-5-6-14(4-2)7-11-18/h14-17H,3-13H2,1-2H3. The number of hydrogen-bond donors (Lipinski definition) is 1. The van der Waals surface area contributed by atoms with Gasteiger partial charge in [-0.25, -0.2) is 0 Å². The van der Waals surface area contributed by atoms with Gasteiger partial charge in [0.2, 0.25) is 0 Å². The topological polar surface area (TPSA) is 24.5 Å². The number of rotatable bonds is 5. The predicted molar refractivity (Wildman–Crippen MR) is 80.5 cm³/mol. The lowest BCUT2D eigenvalue weighted by Gasteiger charge is -2.40. The average Bonchev–Trinajstić information content (AvgIpc) is 2.70. The summed E-state index contributed by atoms with van der Waals surface area (Å²) in [6.45, 7) is 10.1. The second-order valence-corrected chi connectivity index (χ2v) is 6.23. The minimum absolute atomic E-state index is 0.607. The summed E-state index contributed by atoms with van der Waals surface area (Å²) in [7, 11) is 0. The Hall–Kier alpha value is -0.120. The molecule has 0 spiro atoms. The molecule has 0 amide bonds. The number of ether oxygens (including phenoxy) is 1. The molecule has 0 aromatic rings. The monoisotopic (exact) mass is 268 g/mol. The maximum Gasteiger partial charge on any atom is 0.0637 e. The Morgan fingerprint density at radius 3 is 2.84 bits per heavy atom. The molecule has 3 atom stereocenters. The van der Waals surface area contributed by atoms with E-state index in [2.05, 4.69) is 24.1 Å². The van der Waals surface area contributed by atoms with Crippen molar-refractivity contribution in [2.24, 2.45) is 5.92 Å². The highest BCUT2D eigenvalue weighted by molar-refractivity contribution is 4.88. The van der Waals surface area contributed by atoms with Gasteiger partial charge in [-0.2, -0.15) is 0 Å². The third kappa shape index (κ3) is 4.44. The van der Waals surface area contributed by atoms with Gasteiger partial charge in [0.1, 0.15) is 0 Å². The highest BCUT2D eigenvalue weighted by atomic mass is 16.5. The van der Waals surface area contributed by atoms with Crippen molar-refractivity contribution in [1.82, 2.24) is 10.2 Å². The highest BCUT2D eigenvalue weighted by Gasteiger charge is 2.31. The van der Waals surface area contributed by atoms with Crippen LogP contribution < -0.4 is 5.32 Å². The van der Waals surface area contributed by atoms with Crippen molar-refractivity contribution in [3.63, 3.8) is 0 Å². The molecule has 3 unspecified atom stereocenters. The second-order valence-electron chi connectivity index (χ2n) is 6.23. The molecule has 0 radical (unpaired) electrons. The van der Waals surface area contributed by atoms with E-state index in [0.29, 0.717) is 12.1 Å². The lowest BCUT2D eigenvalue weighted by atomic mass is 9.98. The lowest BCUT2D eigenvalue weighted by Crippen LogP contribution is -2.55. The largest absolute Gasteiger partial charge is 0.380 e. The van der Waals surface area contributed by atoms with E-state index < -0.39 is 0 Å². The molecule has 2 fully saturated rings. The molecule has 0 aromatic heterocycles. The van der Waals surface area contributed by atoms with Crippen LogP contribution in [0.3, 0.4) is 0 Å². The van der Waals surface area contributed by atoms with Crippen LogP contribution in [0.25, 0.3) is 0 Å². The minimum atomic E-state index is 0.607. The van der Waals surface area contributed by atoms with Gasteiger partial charge >= 0.3 is 0 Å². The fraction of sp³-hybridized carbons (Fsp3) is 1.00. The molecule has 3 nitrogen and oxygen atoms in total. The van der Waals surface area contributed by atoms with E-state index in [1.807, 2.05) is 0 Å². The van der Waals surface area contributed by atoms with Crippen LogP contribution in [0.4, 0.5) is 0 Å². The van der Waals surface area contributed by atoms with Gasteiger partial charge in [-0.1, -0.05) is 20.3 Å². The van der Waals surface area contributed by atoms with Gasteiger partial charge < -0.3 is 10.1 Å². The summed E-state index contributed by atoms with van der Waals surface area (Å²) in [6, 6.07) is 1.25. The van der Waals surface area contributed by atoms with Crippen molar-refractivity contribution < 1.29 is 4.74 Å². The first-order valence-electron chi connectivity index (χ1n) is 8.40. The van der Waals surface area contributed by atoms with Crippen LogP contribution >= 0.6 is 0 Å². The fourth-order valence-electron chi connectivity index (χ4n) is 3.58. The van der Waals surface area contributed by atoms with Crippen LogP contribution in [-0.4, -0.2) is 49.8 Å². The SMILES string of the molecule is CCCNC1CCOCC1N1CCCC(CC)CC1. The van der Waals surface area contributed by atoms with Gasteiger partial charge in [0, 0.05) is 18.7 Å². The molecule has 19 heavy (non-hydrogen) atoms. The Kier molecular flexibility index (Phi) is 6.62. The lowest BCUT2D eigenvalue weighted by molar-refractivity contribution is -0.00234.